The highest BCUT2D eigenvalue weighted by Gasteiger charge is 2.09. The molecule has 0 bridgehead atoms. The van der Waals surface area contributed by atoms with Crippen LogP contribution < -0.4 is 10.5 Å². The number of carbonyl (C=O) groups is 1. The molecule has 0 atom stereocenters. The lowest BCUT2D eigenvalue weighted by molar-refractivity contribution is -0.107. The second-order valence-corrected chi connectivity index (χ2v) is 4.54. The Labute approximate surface area is 119 Å². The third-order valence-corrected chi connectivity index (χ3v) is 3.28. The molecule has 0 N–H and O–H groups in total. The zero-order chi connectivity index (χ0) is 14.0. The molecule has 2 aromatic rings. The predicted octanol–water partition coefficient (Wildman–Crippen LogP) is 2.13. The van der Waals surface area contributed by atoms with E-state index in [1.54, 1.807) is 31.3 Å². The van der Waals surface area contributed by atoms with E-state index in [4.69, 9.17) is 23.2 Å². The van der Waals surface area contributed by atoms with Gasteiger partial charge in [-0.1, -0.05) is 23.2 Å². The number of aromatic nitrogens is 2. The normalized spacial score (nSPS) is 10.3. The van der Waals surface area contributed by atoms with Gasteiger partial charge >= 0.3 is 0 Å². The Morgan fingerprint density at radius 2 is 1.89 bits per heavy atom. The van der Waals surface area contributed by atoms with E-state index < -0.39 is 5.56 Å². The molecule has 0 saturated carbocycles. The smallest absolute Gasteiger partial charge is 0.291 e. The molecule has 19 heavy (non-hydrogen) atoms. The highest BCUT2D eigenvalue weighted by Crippen LogP contribution is 2.17. The van der Waals surface area contributed by atoms with Crippen molar-refractivity contribution in [1.29, 1.82) is 0 Å². The van der Waals surface area contributed by atoms with E-state index in [9.17, 15) is 9.59 Å². The van der Waals surface area contributed by atoms with Crippen LogP contribution in [-0.4, -0.2) is 23.2 Å². The monoisotopic (exact) mass is 297 g/mol. The van der Waals surface area contributed by atoms with Gasteiger partial charge in [-0.25, -0.2) is 0 Å². The van der Waals surface area contributed by atoms with Crippen molar-refractivity contribution in [2.75, 3.05) is 11.9 Å². The van der Waals surface area contributed by atoms with E-state index in [0.29, 0.717) is 17.8 Å². The molecular weight excluding hydrogens is 289 g/mol. The lowest BCUT2D eigenvalue weighted by atomic mass is 10.2. The molecule has 0 aliphatic heterocycles. The third kappa shape index (κ3) is 2.62. The number of nitrogens with zero attached hydrogens (tertiary/aromatic N) is 3. The first kappa shape index (κ1) is 13.6. The topological polar surface area (TPSA) is 55.2 Å². The van der Waals surface area contributed by atoms with Gasteiger partial charge in [0.2, 0.25) is 6.41 Å². The fourth-order valence-electron chi connectivity index (χ4n) is 1.49. The number of rotatable bonds is 3. The Bertz CT molecular complexity index is 668. The molecular formula is C12H9Cl2N3O2. The molecule has 1 amide bonds. The van der Waals surface area contributed by atoms with Crippen molar-refractivity contribution in [2.24, 2.45) is 0 Å². The van der Waals surface area contributed by atoms with Crippen molar-refractivity contribution < 1.29 is 4.79 Å². The molecule has 0 saturated heterocycles. The molecule has 2 rings (SSSR count). The fraction of sp³-hybridized carbons (Fsp3) is 0.0833. The SMILES string of the molecule is CN(C=O)c1ccc(-n2ncc(Cl)c(Cl)c2=O)cc1. The van der Waals surface area contributed by atoms with Crippen molar-refractivity contribution in [3.63, 3.8) is 0 Å². The molecule has 98 valence electrons. The van der Waals surface area contributed by atoms with Crippen LogP contribution in [0, 0.1) is 0 Å². The summed E-state index contributed by atoms with van der Waals surface area (Å²) in [6, 6.07) is 6.71. The molecule has 0 radical (unpaired) electrons. The zero-order valence-electron chi connectivity index (χ0n) is 9.88. The number of hydrogen-bond acceptors (Lipinski definition) is 3. The first-order valence-corrected chi connectivity index (χ1v) is 6.02. The summed E-state index contributed by atoms with van der Waals surface area (Å²) in [6.45, 7) is 0. The van der Waals surface area contributed by atoms with Crippen molar-refractivity contribution in [3.05, 3.63) is 50.9 Å². The van der Waals surface area contributed by atoms with Crippen LogP contribution in [0.3, 0.4) is 0 Å². The van der Waals surface area contributed by atoms with E-state index in [1.807, 2.05) is 0 Å². The number of halogens is 2. The number of anilines is 1. The highest BCUT2D eigenvalue weighted by molar-refractivity contribution is 6.41. The quantitative estimate of drug-likeness (QED) is 0.816. The second kappa shape index (κ2) is 5.42. The van der Waals surface area contributed by atoms with E-state index in [-0.39, 0.29) is 10.0 Å². The lowest BCUT2D eigenvalue weighted by Gasteiger charge is -2.11. The Morgan fingerprint density at radius 1 is 1.26 bits per heavy atom. The summed E-state index contributed by atoms with van der Waals surface area (Å²) in [6.07, 6.45) is 2.00. The Hall–Kier alpha value is -1.85. The summed E-state index contributed by atoms with van der Waals surface area (Å²) >= 11 is 11.5. The molecule has 5 nitrogen and oxygen atoms in total. The molecule has 1 heterocycles. The molecule has 0 spiro atoms. The van der Waals surface area contributed by atoms with Gasteiger partial charge in [0.15, 0.2) is 0 Å². The van der Waals surface area contributed by atoms with Gasteiger partial charge in [0, 0.05) is 12.7 Å². The van der Waals surface area contributed by atoms with Crippen LogP contribution in [0.1, 0.15) is 0 Å². The molecule has 0 aliphatic carbocycles. The van der Waals surface area contributed by atoms with E-state index >= 15 is 0 Å². The van der Waals surface area contributed by atoms with Crippen molar-refractivity contribution >= 4 is 35.3 Å². The van der Waals surface area contributed by atoms with Gasteiger partial charge in [-0.3, -0.25) is 9.59 Å². The first-order chi connectivity index (χ1) is 9.04. The zero-order valence-corrected chi connectivity index (χ0v) is 11.4. The first-order valence-electron chi connectivity index (χ1n) is 5.26. The van der Waals surface area contributed by atoms with Crippen LogP contribution in [0.25, 0.3) is 5.69 Å². The number of amides is 1. The molecule has 0 fully saturated rings. The van der Waals surface area contributed by atoms with Crippen molar-refractivity contribution in [1.82, 2.24) is 9.78 Å². The van der Waals surface area contributed by atoms with Gasteiger partial charge in [-0.05, 0) is 24.3 Å². The summed E-state index contributed by atoms with van der Waals surface area (Å²) < 4.78 is 1.14. The average Bonchev–Trinajstić information content (AvgIpc) is 2.44. The van der Waals surface area contributed by atoms with Crippen LogP contribution >= 0.6 is 23.2 Å². The van der Waals surface area contributed by atoms with Crippen molar-refractivity contribution in [2.45, 2.75) is 0 Å². The minimum atomic E-state index is -0.495. The number of benzene rings is 1. The number of carbonyl (C=O) groups excluding carboxylic acids is 1. The standard InChI is InChI=1S/C12H9Cl2N3O2/c1-16(7-18)8-2-4-9(5-3-8)17-12(19)11(14)10(13)6-15-17/h2-7H,1H3. The van der Waals surface area contributed by atoms with Gasteiger partial charge < -0.3 is 4.90 Å². The molecule has 1 aromatic heterocycles. The summed E-state index contributed by atoms with van der Waals surface area (Å²) in [4.78, 5) is 23.9. The maximum atomic E-state index is 11.9. The number of hydrogen-bond donors (Lipinski definition) is 0. The Kier molecular flexibility index (Phi) is 3.87. The predicted molar refractivity (Wildman–Crippen MR) is 74.3 cm³/mol. The molecule has 1 aromatic carbocycles. The van der Waals surface area contributed by atoms with Gasteiger partial charge in [-0.15, -0.1) is 0 Å². The van der Waals surface area contributed by atoms with Crippen molar-refractivity contribution in [3.8, 4) is 5.69 Å². The van der Waals surface area contributed by atoms with E-state index in [0.717, 1.165) is 4.68 Å². The van der Waals surface area contributed by atoms with E-state index in [2.05, 4.69) is 5.10 Å². The third-order valence-electron chi connectivity index (χ3n) is 2.54. The molecule has 0 aliphatic rings. The molecule has 7 heteroatoms. The van der Waals surface area contributed by atoms with Crippen LogP contribution in [0.2, 0.25) is 10.0 Å². The summed E-state index contributed by atoms with van der Waals surface area (Å²) in [5.41, 5.74) is 0.740. The van der Waals surface area contributed by atoms with Crippen LogP contribution in [-0.2, 0) is 4.79 Å². The average molecular weight is 298 g/mol. The lowest BCUT2D eigenvalue weighted by Crippen LogP contribution is -2.21. The summed E-state index contributed by atoms with van der Waals surface area (Å²) in [5, 5.41) is 3.94. The van der Waals surface area contributed by atoms with Gasteiger partial charge in [-0.2, -0.15) is 9.78 Å². The Balaban J connectivity index is 2.46. The Morgan fingerprint density at radius 3 is 2.47 bits per heavy atom. The van der Waals surface area contributed by atoms with Gasteiger partial charge in [0.05, 0.1) is 16.9 Å². The van der Waals surface area contributed by atoms with Gasteiger partial charge in [0.1, 0.15) is 5.02 Å². The summed E-state index contributed by atoms with van der Waals surface area (Å²) in [5.74, 6) is 0. The molecule has 0 unspecified atom stereocenters. The summed E-state index contributed by atoms with van der Waals surface area (Å²) in [7, 11) is 1.63. The minimum Gasteiger partial charge on any atom is -0.318 e. The van der Waals surface area contributed by atoms with Crippen LogP contribution in [0.4, 0.5) is 5.69 Å². The van der Waals surface area contributed by atoms with Crippen LogP contribution in [0.15, 0.2) is 35.3 Å². The maximum Gasteiger partial charge on any atom is 0.291 e. The highest BCUT2D eigenvalue weighted by atomic mass is 35.5. The minimum absolute atomic E-state index is 0.0780. The second-order valence-electron chi connectivity index (χ2n) is 3.76. The largest absolute Gasteiger partial charge is 0.318 e. The fourth-order valence-corrected chi connectivity index (χ4v) is 1.74. The van der Waals surface area contributed by atoms with E-state index in [1.165, 1.54) is 11.1 Å². The van der Waals surface area contributed by atoms with Crippen LogP contribution in [0.5, 0.6) is 0 Å². The maximum absolute atomic E-state index is 11.9. The van der Waals surface area contributed by atoms with Gasteiger partial charge in [0.25, 0.3) is 5.56 Å².